The summed E-state index contributed by atoms with van der Waals surface area (Å²) in [7, 11) is 0. The number of hydrogen-bond acceptors (Lipinski definition) is 3. The minimum atomic E-state index is -0.534. The third-order valence-corrected chi connectivity index (χ3v) is 5.32. The maximum absolute atomic E-state index is 12.3. The number of halogens is 1. The van der Waals surface area contributed by atoms with E-state index in [2.05, 4.69) is 54.4 Å². The Labute approximate surface area is 176 Å². The van der Waals surface area contributed by atoms with Crippen LogP contribution in [0.2, 0.25) is 0 Å². The number of fused-ring (bicyclic) bond motifs is 1. The second-order valence-corrected chi connectivity index (χ2v) is 7.35. The molecule has 0 radical (unpaired) electrons. The molecule has 0 saturated heterocycles. The van der Waals surface area contributed by atoms with Gasteiger partial charge in [0.1, 0.15) is 0 Å². The molecule has 0 aliphatic rings. The first-order valence-corrected chi connectivity index (χ1v) is 10.2. The molecule has 3 rings (SSSR count). The lowest BCUT2D eigenvalue weighted by molar-refractivity contribution is 0.0950. The van der Waals surface area contributed by atoms with E-state index >= 15 is 0 Å². The Hall–Kier alpha value is -2.69. The Bertz CT molecular complexity index is 1010. The van der Waals surface area contributed by atoms with Crippen molar-refractivity contribution >= 4 is 33.5 Å². The predicted molar refractivity (Wildman–Crippen MR) is 118 cm³/mol. The smallest absolute Gasteiger partial charge is 0.252 e. The first-order chi connectivity index (χ1) is 14.0. The quantitative estimate of drug-likeness (QED) is 0.534. The highest BCUT2D eigenvalue weighted by Crippen LogP contribution is 2.19. The zero-order chi connectivity index (χ0) is 20.8. The molecule has 0 saturated carbocycles. The van der Waals surface area contributed by atoms with Crippen LogP contribution in [0.5, 0.6) is 0 Å². The van der Waals surface area contributed by atoms with Crippen LogP contribution in [0.3, 0.4) is 0 Å². The third kappa shape index (κ3) is 5.43. The second kappa shape index (κ2) is 9.68. The summed E-state index contributed by atoms with van der Waals surface area (Å²) < 4.78 is 0. The second-order valence-electron chi connectivity index (χ2n) is 7.01. The van der Waals surface area contributed by atoms with E-state index in [0.29, 0.717) is 17.7 Å². The highest BCUT2D eigenvalue weighted by molar-refractivity contribution is 6.67. The van der Waals surface area contributed by atoms with Crippen LogP contribution in [-0.2, 0) is 13.1 Å². The summed E-state index contributed by atoms with van der Waals surface area (Å²) in [5.74, 6) is -0.187. The van der Waals surface area contributed by atoms with Crippen LogP contribution in [0, 0.1) is 0 Å². The van der Waals surface area contributed by atoms with Crippen LogP contribution in [-0.4, -0.2) is 29.1 Å². The fourth-order valence-corrected chi connectivity index (χ4v) is 3.42. The number of carbonyl (C=O) groups excluding carboxylic acids is 2. The van der Waals surface area contributed by atoms with Crippen molar-refractivity contribution in [2.24, 2.45) is 0 Å². The number of amides is 1. The van der Waals surface area contributed by atoms with Gasteiger partial charge in [-0.05, 0) is 83.0 Å². The van der Waals surface area contributed by atoms with E-state index in [1.54, 1.807) is 24.3 Å². The van der Waals surface area contributed by atoms with Crippen molar-refractivity contribution in [1.82, 2.24) is 10.2 Å². The van der Waals surface area contributed by atoms with E-state index < -0.39 is 5.24 Å². The van der Waals surface area contributed by atoms with Crippen LogP contribution < -0.4 is 5.32 Å². The number of rotatable bonds is 8. The zero-order valence-electron chi connectivity index (χ0n) is 16.7. The van der Waals surface area contributed by atoms with Gasteiger partial charge in [0.05, 0.1) is 0 Å². The van der Waals surface area contributed by atoms with Gasteiger partial charge in [0, 0.05) is 24.2 Å². The van der Waals surface area contributed by atoms with Gasteiger partial charge in [0.2, 0.25) is 0 Å². The molecule has 0 unspecified atom stereocenters. The molecule has 1 amide bonds. The van der Waals surface area contributed by atoms with Gasteiger partial charge in [0.15, 0.2) is 0 Å². The van der Waals surface area contributed by atoms with E-state index in [9.17, 15) is 9.59 Å². The molecule has 3 aromatic carbocycles. The van der Waals surface area contributed by atoms with E-state index in [-0.39, 0.29) is 5.91 Å². The maximum atomic E-state index is 12.3. The molecule has 0 heterocycles. The molecule has 29 heavy (non-hydrogen) atoms. The lowest BCUT2D eigenvalue weighted by Crippen LogP contribution is -2.22. The van der Waals surface area contributed by atoms with E-state index in [1.165, 1.54) is 10.9 Å². The standard InChI is InChI=1S/C24H25ClN2O2/c1-3-27(4-2)16-18-6-8-21-13-17(5-7-22(21)14-18)15-26-24(29)20-11-9-19(10-12-20)23(25)28/h5-14H,3-4,15-16H2,1-2H3,(H,26,29). The van der Waals surface area contributed by atoms with Gasteiger partial charge in [-0.1, -0.05) is 38.1 Å². The highest BCUT2D eigenvalue weighted by atomic mass is 35.5. The lowest BCUT2D eigenvalue weighted by Gasteiger charge is -2.18. The number of hydrogen-bond donors (Lipinski definition) is 1. The van der Waals surface area contributed by atoms with Gasteiger partial charge in [-0.3, -0.25) is 14.5 Å². The van der Waals surface area contributed by atoms with Crippen molar-refractivity contribution in [3.63, 3.8) is 0 Å². The molecule has 150 valence electrons. The maximum Gasteiger partial charge on any atom is 0.252 e. The van der Waals surface area contributed by atoms with E-state index in [1.807, 2.05) is 6.07 Å². The molecular formula is C24H25ClN2O2. The summed E-state index contributed by atoms with van der Waals surface area (Å²) in [5.41, 5.74) is 3.21. The van der Waals surface area contributed by atoms with Crippen LogP contribution in [0.25, 0.3) is 10.8 Å². The molecule has 0 aliphatic carbocycles. The van der Waals surface area contributed by atoms with E-state index in [4.69, 9.17) is 11.6 Å². The average Bonchev–Trinajstić information content (AvgIpc) is 2.75. The van der Waals surface area contributed by atoms with Crippen LogP contribution >= 0.6 is 11.6 Å². The highest BCUT2D eigenvalue weighted by Gasteiger charge is 2.08. The molecule has 0 spiro atoms. The lowest BCUT2D eigenvalue weighted by atomic mass is 10.0. The fourth-order valence-electron chi connectivity index (χ4n) is 3.30. The fraction of sp³-hybridized carbons (Fsp3) is 0.250. The van der Waals surface area contributed by atoms with Crippen molar-refractivity contribution in [2.75, 3.05) is 13.1 Å². The van der Waals surface area contributed by atoms with Crippen molar-refractivity contribution in [3.05, 3.63) is 82.9 Å². The Kier molecular flexibility index (Phi) is 7.02. The first kappa shape index (κ1) is 21.0. The van der Waals surface area contributed by atoms with Gasteiger partial charge in [0.25, 0.3) is 11.1 Å². The minimum Gasteiger partial charge on any atom is -0.348 e. The van der Waals surface area contributed by atoms with Crippen molar-refractivity contribution in [3.8, 4) is 0 Å². The van der Waals surface area contributed by atoms with Gasteiger partial charge in [-0.2, -0.15) is 0 Å². The summed E-state index contributed by atoms with van der Waals surface area (Å²) in [6, 6.07) is 19.1. The summed E-state index contributed by atoms with van der Waals surface area (Å²) >= 11 is 5.43. The Morgan fingerprint density at radius 3 is 1.97 bits per heavy atom. The van der Waals surface area contributed by atoms with E-state index in [0.717, 1.165) is 30.6 Å². The Balaban J connectivity index is 1.65. The Morgan fingerprint density at radius 1 is 0.828 bits per heavy atom. The zero-order valence-corrected chi connectivity index (χ0v) is 17.5. The monoisotopic (exact) mass is 408 g/mol. The normalized spacial score (nSPS) is 11.0. The molecule has 5 heteroatoms. The average molecular weight is 409 g/mol. The molecule has 0 atom stereocenters. The van der Waals surface area contributed by atoms with Gasteiger partial charge in [-0.25, -0.2) is 0 Å². The van der Waals surface area contributed by atoms with Crippen molar-refractivity contribution in [1.29, 1.82) is 0 Å². The molecule has 0 bridgehead atoms. The van der Waals surface area contributed by atoms with Crippen molar-refractivity contribution < 1.29 is 9.59 Å². The van der Waals surface area contributed by atoms with Gasteiger partial charge < -0.3 is 5.32 Å². The van der Waals surface area contributed by atoms with Gasteiger partial charge >= 0.3 is 0 Å². The minimum absolute atomic E-state index is 0.187. The number of benzene rings is 3. The molecule has 3 aromatic rings. The molecule has 1 N–H and O–H groups in total. The van der Waals surface area contributed by atoms with Gasteiger partial charge in [-0.15, -0.1) is 0 Å². The Morgan fingerprint density at radius 2 is 1.38 bits per heavy atom. The molecule has 0 aliphatic heterocycles. The SMILES string of the molecule is CCN(CC)Cc1ccc2cc(CNC(=O)c3ccc(C(=O)Cl)cc3)ccc2c1. The summed E-state index contributed by atoms with van der Waals surface area (Å²) in [4.78, 5) is 25.8. The molecular weight excluding hydrogens is 384 g/mol. The van der Waals surface area contributed by atoms with Crippen LogP contribution in [0.4, 0.5) is 0 Å². The molecule has 0 aromatic heterocycles. The van der Waals surface area contributed by atoms with Crippen LogP contribution in [0.1, 0.15) is 45.7 Å². The first-order valence-electron chi connectivity index (χ1n) is 9.82. The predicted octanol–water partition coefficient (Wildman–Crippen LogP) is 4.99. The summed E-state index contributed by atoms with van der Waals surface area (Å²) in [6.07, 6.45) is 0. The number of carbonyl (C=O) groups is 2. The largest absolute Gasteiger partial charge is 0.348 e. The molecule has 0 fully saturated rings. The van der Waals surface area contributed by atoms with Crippen LogP contribution in [0.15, 0.2) is 60.7 Å². The molecule has 4 nitrogen and oxygen atoms in total. The topological polar surface area (TPSA) is 49.4 Å². The number of nitrogens with one attached hydrogen (secondary N) is 1. The summed E-state index contributed by atoms with van der Waals surface area (Å²) in [6.45, 7) is 7.82. The third-order valence-electron chi connectivity index (χ3n) is 5.10. The number of nitrogens with zero attached hydrogens (tertiary/aromatic N) is 1. The summed E-state index contributed by atoms with van der Waals surface area (Å²) in [5, 5.41) is 4.74. The van der Waals surface area contributed by atoms with Crippen molar-refractivity contribution in [2.45, 2.75) is 26.9 Å².